The molecule has 0 aromatic heterocycles. The van der Waals surface area contributed by atoms with E-state index in [1.165, 1.54) is 32.0 Å². The highest BCUT2D eigenvalue weighted by atomic mass is 35.5. The zero-order valence-electron chi connectivity index (χ0n) is 16.2. The number of amides is 2. The molecule has 2 saturated heterocycles. The minimum absolute atomic E-state index is 0.0314. The van der Waals surface area contributed by atoms with E-state index in [9.17, 15) is 9.59 Å². The molecule has 2 amide bonds. The maximum atomic E-state index is 12.7. The van der Waals surface area contributed by atoms with Crippen molar-refractivity contribution in [3.8, 4) is 0 Å². The van der Waals surface area contributed by atoms with E-state index in [0.717, 1.165) is 25.1 Å². The van der Waals surface area contributed by atoms with Crippen LogP contribution in [0.3, 0.4) is 0 Å². The number of carbonyl (C=O) groups excluding carboxylic acids is 2. The molecule has 2 aliphatic heterocycles. The average molecular weight is 424 g/mol. The normalized spacial score (nSPS) is 21.1. The Balaban J connectivity index is 1.51. The number of hydrogen-bond donors (Lipinski definition) is 0. The minimum Gasteiger partial charge on any atom is -0.339 e. The number of hydrogen-bond acceptors (Lipinski definition) is 3. The number of piperazine rings is 1. The van der Waals surface area contributed by atoms with Gasteiger partial charge in [0.05, 0.1) is 10.0 Å². The van der Waals surface area contributed by atoms with Gasteiger partial charge in [0.15, 0.2) is 0 Å². The van der Waals surface area contributed by atoms with Crippen molar-refractivity contribution >= 4 is 41.1 Å². The zero-order chi connectivity index (χ0) is 20.1. The predicted molar refractivity (Wildman–Crippen MR) is 114 cm³/mol. The van der Waals surface area contributed by atoms with Gasteiger partial charge in [-0.15, -0.1) is 0 Å². The second-order valence-electron chi connectivity index (χ2n) is 7.44. The number of carbonyl (C=O) groups is 2. The molecule has 1 aromatic rings. The molecule has 1 atom stereocenters. The highest BCUT2D eigenvalue weighted by molar-refractivity contribution is 6.42. The molecule has 0 radical (unpaired) electrons. The lowest BCUT2D eigenvalue weighted by molar-refractivity contribution is -0.148. The van der Waals surface area contributed by atoms with Crippen molar-refractivity contribution in [2.75, 3.05) is 39.3 Å². The number of nitrogens with zero attached hydrogens (tertiary/aromatic N) is 3. The standard InChI is InChI=1S/C21H27Cl2N3O2/c1-16-21(28)25(12-4-11-24-9-2-3-10-24)13-14-26(16)20(27)8-6-17-5-7-18(22)19(23)15-17/h5-8,15-16H,2-4,9-14H2,1H3. The van der Waals surface area contributed by atoms with Gasteiger partial charge in [0.1, 0.15) is 6.04 Å². The Morgan fingerprint density at radius 2 is 1.86 bits per heavy atom. The van der Waals surface area contributed by atoms with Crippen LogP contribution in [0.2, 0.25) is 10.0 Å². The van der Waals surface area contributed by atoms with Crippen LogP contribution in [-0.2, 0) is 9.59 Å². The Bertz CT molecular complexity index is 747. The molecule has 28 heavy (non-hydrogen) atoms. The molecule has 5 nitrogen and oxygen atoms in total. The summed E-state index contributed by atoms with van der Waals surface area (Å²) in [6.07, 6.45) is 6.75. The highest BCUT2D eigenvalue weighted by Gasteiger charge is 2.33. The van der Waals surface area contributed by atoms with Crippen molar-refractivity contribution in [3.05, 3.63) is 39.9 Å². The first-order valence-electron chi connectivity index (χ1n) is 9.90. The fourth-order valence-electron chi connectivity index (χ4n) is 3.82. The topological polar surface area (TPSA) is 43.9 Å². The fourth-order valence-corrected chi connectivity index (χ4v) is 4.13. The van der Waals surface area contributed by atoms with Gasteiger partial charge in [-0.3, -0.25) is 9.59 Å². The van der Waals surface area contributed by atoms with Crippen LogP contribution in [0.4, 0.5) is 0 Å². The molecule has 2 heterocycles. The third-order valence-corrected chi connectivity index (χ3v) is 6.23. The molecule has 2 fully saturated rings. The molecule has 152 valence electrons. The first-order valence-corrected chi connectivity index (χ1v) is 10.7. The lowest BCUT2D eigenvalue weighted by Crippen LogP contribution is -2.57. The number of likely N-dealkylation sites (tertiary alicyclic amines) is 1. The van der Waals surface area contributed by atoms with Gasteiger partial charge >= 0.3 is 0 Å². The van der Waals surface area contributed by atoms with E-state index in [0.29, 0.717) is 23.1 Å². The maximum Gasteiger partial charge on any atom is 0.247 e. The quantitative estimate of drug-likeness (QED) is 0.657. The second-order valence-corrected chi connectivity index (χ2v) is 8.26. The molecule has 0 aliphatic carbocycles. The Kier molecular flexibility index (Phi) is 7.38. The van der Waals surface area contributed by atoms with Gasteiger partial charge in [0.2, 0.25) is 11.8 Å². The van der Waals surface area contributed by atoms with Crippen LogP contribution in [0.25, 0.3) is 6.08 Å². The molecule has 1 aromatic carbocycles. The summed E-state index contributed by atoms with van der Waals surface area (Å²) in [7, 11) is 0. The van der Waals surface area contributed by atoms with E-state index in [1.54, 1.807) is 36.1 Å². The van der Waals surface area contributed by atoms with E-state index in [-0.39, 0.29) is 11.8 Å². The van der Waals surface area contributed by atoms with Gasteiger partial charge in [0, 0.05) is 25.7 Å². The second kappa shape index (κ2) is 9.77. The monoisotopic (exact) mass is 423 g/mol. The Labute approximate surface area is 176 Å². The summed E-state index contributed by atoms with van der Waals surface area (Å²) >= 11 is 11.9. The van der Waals surface area contributed by atoms with E-state index in [1.807, 2.05) is 4.90 Å². The summed E-state index contributed by atoms with van der Waals surface area (Å²) in [5.41, 5.74) is 0.794. The van der Waals surface area contributed by atoms with Gasteiger partial charge in [-0.1, -0.05) is 29.3 Å². The van der Waals surface area contributed by atoms with Crippen molar-refractivity contribution < 1.29 is 9.59 Å². The number of halogens is 2. The van der Waals surface area contributed by atoms with Gasteiger partial charge in [-0.25, -0.2) is 0 Å². The Hall–Kier alpha value is -1.56. The minimum atomic E-state index is -0.438. The molecule has 1 unspecified atom stereocenters. The predicted octanol–water partition coefficient (Wildman–Crippen LogP) is 3.55. The first kappa shape index (κ1) is 21.2. The average Bonchev–Trinajstić information content (AvgIpc) is 3.19. The SMILES string of the molecule is CC1C(=O)N(CCCN2CCCC2)CCN1C(=O)C=Cc1ccc(Cl)c(Cl)c1. The molecule has 2 aliphatic rings. The van der Waals surface area contributed by atoms with E-state index >= 15 is 0 Å². The van der Waals surface area contributed by atoms with Crippen LogP contribution in [0.15, 0.2) is 24.3 Å². The molecule has 3 rings (SSSR count). The van der Waals surface area contributed by atoms with E-state index in [4.69, 9.17) is 23.2 Å². The molecular weight excluding hydrogens is 397 g/mol. The molecule has 7 heteroatoms. The number of benzene rings is 1. The summed E-state index contributed by atoms with van der Waals surface area (Å²) in [6.45, 7) is 7.13. The maximum absolute atomic E-state index is 12.7. The molecule has 0 saturated carbocycles. The van der Waals surface area contributed by atoms with Gasteiger partial charge in [-0.2, -0.15) is 0 Å². The highest BCUT2D eigenvalue weighted by Crippen LogP contribution is 2.23. The third kappa shape index (κ3) is 5.28. The van der Waals surface area contributed by atoms with Crippen molar-refractivity contribution in [1.29, 1.82) is 0 Å². The largest absolute Gasteiger partial charge is 0.339 e. The van der Waals surface area contributed by atoms with Crippen LogP contribution >= 0.6 is 23.2 Å². The molecule has 0 spiro atoms. The van der Waals surface area contributed by atoms with E-state index in [2.05, 4.69) is 4.90 Å². The van der Waals surface area contributed by atoms with Crippen molar-refractivity contribution in [2.24, 2.45) is 0 Å². The molecule has 0 bridgehead atoms. The van der Waals surface area contributed by atoms with Crippen molar-refractivity contribution in [2.45, 2.75) is 32.2 Å². The third-order valence-electron chi connectivity index (χ3n) is 5.49. The van der Waals surface area contributed by atoms with Crippen molar-refractivity contribution in [1.82, 2.24) is 14.7 Å². The van der Waals surface area contributed by atoms with Crippen LogP contribution in [0.1, 0.15) is 31.7 Å². The Morgan fingerprint density at radius 3 is 2.57 bits per heavy atom. The van der Waals surface area contributed by atoms with Crippen LogP contribution in [0.5, 0.6) is 0 Å². The number of rotatable bonds is 6. The Morgan fingerprint density at radius 1 is 1.11 bits per heavy atom. The van der Waals surface area contributed by atoms with Crippen LogP contribution < -0.4 is 0 Å². The van der Waals surface area contributed by atoms with Gasteiger partial charge in [0.25, 0.3) is 0 Å². The summed E-state index contributed by atoms with van der Waals surface area (Å²) in [5, 5.41) is 0.924. The summed E-state index contributed by atoms with van der Waals surface area (Å²) < 4.78 is 0. The zero-order valence-corrected chi connectivity index (χ0v) is 17.8. The van der Waals surface area contributed by atoms with Gasteiger partial charge < -0.3 is 14.7 Å². The summed E-state index contributed by atoms with van der Waals surface area (Å²) in [6, 6.07) is 4.76. The summed E-state index contributed by atoms with van der Waals surface area (Å²) in [5.74, 6) is -0.132. The molecular formula is C21H27Cl2N3O2. The first-order chi connectivity index (χ1) is 13.5. The van der Waals surface area contributed by atoms with E-state index < -0.39 is 6.04 Å². The lowest BCUT2D eigenvalue weighted by atomic mass is 10.1. The van der Waals surface area contributed by atoms with Crippen molar-refractivity contribution in [3.63, 3.8) is 0 Å². The smallest absolute Gasteiger partial charge is 0.247 e. The molecule has 0 N–H and O–H groups in total. The van der Waals surface area contributed by atoms with Gasteiger partial charge in [-0.05, 0) is 69.6 Å². The fraction of sp³-hybridized carbons (Fsp3) is 0.524. The summed E-state index contributed by atoms with van der Waals surface area (Å²) in [4.78, 5) is 31.3. The van der Waals surface area contributed by atoms with Crippen LogP contribution in [0, 0.1) is 0 Å². The lowest BCUT2D eigenvalue weighted by Gasteiger charge is -2.39. The van der Waals surface area contributed by atoms with Crippen LogP contribution in [-0.4, -0.2) is 71.8 Å².